The lowest BCUT2D eigenvalue weighted by Gasteiger charge is -2.04. The maximum absolute atomic E-state index is 9.73. The highest BCUT2D eigenvalue weighted by Crippen LogP contribution is 2.36. The molecule has 16 heavy (non-hydrogen) atoms. The van der Waals surface area contributed by atoms with Gasteiger partial charge in [0.25, 0.3) is 0 Å². The number of hydrogen-bond donors (Lipinski definition) is 1. The second-order valence-corrected chi connectivity index (χ2v) is 5.64. The van der Waals surface area contributed by atoms with Crippen molar-refractivity contribution in [2.24, 2.45) is 0 Å². The van der Waals surface area contributed by atoms with E-state index in [0.29, 0.717) is 5.02 Å². The van der Waals surface area contributed by atoms with Crippen LogP contribution >= 0.6 is 39.3 Å². The molecule has 0 aliphatic heterocycles. The van der Waals surface area contributed by atoms with Crippen LogP contribution in [0.5, 0.6) is 5.75 Å². The summed E-state index contributed by atoms with van der Waals surface area (Å²) in [5, 5.41) is 10.4. The van der Waals surface area contributed by atoms with Gasteiger partial charge in [0.15, 0.2) is 0 Å². The summed E-state index contributed by atoms with van der Waals surface area (Å²) >= 11 is 10.6. The summed E-state index contributed by atoms with van der Waals surface area (Å²) in [6.45, 7) is 0. The Balaban J connectivity index is 2.23. The SMILES string of the molecule is Oc1cc(Br)ccc1Sc1ccc(Cl)cc1. The molecule has 0 heterocycles. The third-order valence-electron chi connectivity index (χ3n) is 1.96. The molecule has 2 rings (SSSR count). The first-order chi connectivity index (χ1) is 7.65. The van der Waals surface area contributed by atoms with E-state index in [1.165, 1.54) is 11.8 Å². The normalized spacial score (nSPS) is 10.4. The number of halogens is 2. The lowest BCUT2D eigenvalue weighted by Crippen LogP contribution is -1.76. The summed E-state index contributed by atoms with van der Waals surface area (Å²) in [4.78, 5) is 1.87. The zero-order chi connectivity index (χ0) is 11.5. The molecule has 0 bridgehead atoms. The number of rotatable bonds is 2. The predicted octanol–water partition coefficient (Wildman–Crippen LogP) is 4.96. The molecular formula is C12H8BrClOS. The van der Waals surface area contributed by atoms with Crippen molar-refractivity contribution in [2.75, 3.05) is 0 Å². The minimum absolute atomic E-state index is 0.273. The van der Waals surface area contributed by atoms with Crippen molar-refractivity contribution >= 4 is 39.3 Å². The third-order valence-corrected chi connectivity index (χ3v) is 3.78. The average Bonchev–Trinajstić information content (AvgIpc) is 2.25. The van der Waals surface area contributed by atoms with Crippen molar-refractivity contribution < 1.29 is 5.11 Å². The molecule has 0 aliphatic rings. The smallest absolute Gasteiger partial charge is 0.130 e. The fourth-order valence-corrected chi connectivity index (χ4v) is 2.51. The fraction of sp³-hybridized carbons (Fsp3) is 0. The molecule has 82 valence electrons. The number of phenols is 1. The first kappa shape index (κ1) is 11.8. The summed E-state index contributed by atoms with van der Waals surface area (Å²) in [5.41, 5.74) is 0. The van der Waals surface area contributed by atoms with Gasteiger partial charge in [-0.05, 0) is 42.5 Å². The fourth-order valence-electron chi connectivity index (χ4n) is 1.21. The van der Waals surface area contributed by atoms with Gasteiger partial charge in [-0.3, -0.25) is 0 Å². The summed E-state index contributed by atoms with van der Waals surface area (Å²) < 4.78 is 0.866. The molecular weight excluding hydrogens is 308 g/mol. The van der Waals surface area contributed by atoms with E-state index in [1.54, 1.807) is 6.07 Å². The molecule has 0 aromatic heterocycles. The Morgan fingerprint density at radius 3 is 2.38 bits per heavy atom. The van der Waals surface area contributed by atoms with Gasteiger partial charge in [-0.1, -0.05) is 39.3 Å². The van der Waals surface area contributed by atoms with Gasteiger partial charge < -0.3 is 5.11 Å². The topological polar surface area (TPSA) is 20.2 Å². The van der Waals surface area contributed by atoms with Crippen molar-refractivity contribution in [2.45, 2.75) is 9.79 Å². The van der Waals surface area contributed by atoms with Gasteiger partial charge in [0, 0.05) is 14.4 Å². The van der Waals surface area contributed by atoms with Gasteiger partial charge in [0.05, 0.1) is 4.90 Å². The second-order valence-electron chi connectivity index (χ2n) is 3.17. The molecule has 1 nitrogen and oxygen atoms in total. The minimum Gasteiger partial charge on any atom is -0.507 e. The molecule has 4 heteroatoms. The number of benzene rings is 2. The van der Waals surface area contributed by atoms with Crippen LogP contribution in [0.3, 0.4) is 0 Å². The van der Waals surface area contributed by atoms with Crippen molar-refractivity contribution in [3.63, 3.8) is 0 Å². The van der Waals surface area contributed by atoms with Crippen LogP contribution in [0.15, 0.2) is 56.7 Å². The Bertz CT molecular complexity index is 499. The highest BCUT2D eigenvalue weighted by Gasteiger charge is 2.03. The Morgan fingerprint density at radius 1 is 1.06 bits per heavy atom. The zero-order valence-corrected chi connectivity index (χ0v) is 11.3. The lowest BCUT2D eigenvalue weighted by molar-refractivity contribution is 0.462. The maximum Gasteiger partial charge on any atom is 0.130 e. The number of hydrogen-bond acceptors (Lipinski definition) is 2. The van der Waals surface area contributed by atoms with E-state index in [2.05, 4.69) is 15.9 Å². The van der Waals surface area contributed by atoms with Crippen molar-refractivity contribution in [1.82, 2.24) is 0 Å². The second kappa shape index (κ2) is 5.13. The first-order valence-electron chi connectivity index (χ1n) is 4.57. The van der Waals surface area contributed by atoms with Crippen LogP contribution < -0.4 is 0 Å². The van der Waals surface area contributed by atoms with Crippen LogP contribution in [-0.4, -0.2) is 5.11 Å². The van der Waals surface area contributed by atoms with E-state index in [4.69, 9.17) is 11.6 Å². The van der Waals surface area contributed by atoms with Gasteiger partial charge >= 0.3 is 0 Å². The van der Waals surface area contributed by atoms with Gasteiger partial charge in [0.2, 0.25) is 0 Å². The Morgan fingerprint density at radius 2 is 1.75 bits per heavy atom. The minimum atomic E-state index is 0.273. The quantitative estimate of drug-likeness (QED) is 0.845. The van der Waals surface area contributed by atoms with Gasteiger partial charge in [-0.2, -0.15) is 0 Å². The number of aromatic hydroxyl groups is 1. The van der Waals surface area contributed by atoms with E-state index in [1.807, 2.05) is 36.4 Å². The molecule has 0 aliphatic carbocycles. The van der Waals surface area contributed by atoms with Crippen molar-refractivity contribution in [3.8, 4) is 5.75 Å². The van der Waals surface area contributed by atoms with Crippen molar-refractivity contribution in [1.29, 1.82) is 0 Å². The van der Waals surface area contributed by atoms with E-state index in [9.17, 15) is 5.11 Å². The Kier molecular flexibility index (Phi) is 3.79. The molecule has 0 saturated heterocycles. The highest BCUT2D eigenvalue weighted by atomic mass is 79.9. The molecule has 0 amide bonds. The third kappa shape index (κ3) is 2.94. The first-order valence-corrected chi connectivity index (χ1v) is 6.56. The van der Waals surface area contributed by atoms with Crippen LogP contribution in [0.2, 0.25) is 5.02 Å². The largest absolute Gasteiger partial charge is 0.507 e. The van der Waals surface area contributed by atoms with Crippen LogP contribution in [-0.2, 0) is 0 Å². The molecule has 0 atom stereocenters. The Labute approximate surface area is 112 Å². The summed E-state index contributed by atoms with van der Waals surface area (Å²) in [6, 6.07) is 13.0. The van der Waals surface area contributed by atoms with Crippen LogP contribution in [0.1, 0.15) is 0 Å². The van der Waals surface area contributed by atoms with Gasteiger partial charge in [0.1, 0.15) is 5.75 Å². The highest BCUT2D eigenvalue weighted by molar-refractivity contribution is 9.10. The van der Waals surface area contributed by atoms with Crippen LogP contribution in [0.4, 0.5) is 0 Å². The Hall–Kier alpha value is -0.640. The molecule has 2 aromatic carbocycles. The molecule has 0 saturated carbocycles. The van der Waals surface area contributed by atoms with Crippen molar-refractivity contribution in [3.05, 3.63) is 52.0 Å². The van der Waals surface area contributed by atoms with E-state index >= 15 is 0 Å². The van der Waals surface area contributed by atoms with Gasteiger partial charge in [-0.25, -0.2) is 0 Å². The summed E-state index contributed by atoms with van der Waals surface area (Å²) in [6.07, 6.45) is 0. The lowest BCUT2D eigenvalue weighted by atomic mass is 10.3. The maximum atomic E-state index is 9.73. The summed E-state index contributed by atoms with van der Waals surface area (Å²) in [7, 11) is 0. The van der Waals surface area contributed by atoms with Gasteiger partial charge in [-0.15, -0.1) is 0 Å². The van der Waals surface area contributed by atoms with Crippen LogP contribution in [0, 0.1) is 0 Å². The molecule has 0 radical (unpaired) electrons. The van der Waals surface area contributed by atoms with E-state index < -0.39 is 0 Å². The molecule has 0 spiro atoms. The summed E-state index contributed by atoms with van der Waals surface area (Å²) in [5.74, 6) is 0.273. The number of phenolic OH excluding ortho intramolecular Hbond substituents is 1. The standard InChI is InChI=1S/C12H8BrClOS/c13-8-1-6-12(11(15)7-8)16-10-4-2-9(14)3-5-10/h1-7,15H. The molecule has 1 N–H and O–H groups in total. The monoisotopic (exact) mass is 314 g/mol. The average molecular weight is 316 g/mol. The van der Waals surface area contributed by atoms with Crippen LogP contribution in [0.25, 0.3) is 0 Å². The molecule has 2 aromatic rings. The zero-order valence-electron chi connectivity index (χ0n) is 8.15. The van der Waals surface area contributed by atoms with E-state index in [-0.39, 0.29) is 5.75 Å². The van der Waals surface area contributed by atoms with E-state index in [0.717, 1.165) is 14.3 Å². The predicted molar refractivity (Wildman–Crippen MR) is 71.4 cm³/mol. The molecule has 0 fully saturated rings. The molecule has 0 unspecified atom stereocenters.